The van der Waals surface area contributed by atoms with Gasteiger partial charge < -0.3 is 4.52 Å². The van der Waals surface area contributed by atoms with Gasteiger partial charge in [-0.15, -0.1) is 0 Å². The van der Waals surface area contributed by atoms with Gasteiger partial charge in [-0.2, -0.15) is 0 Å². The fraction of sp³-hybridized carbons (Fsp3) is 0. The predicted molar refractivity (Wildman–Crippen MR) is 32.9 cm³/mol. The normalized spacial score (nSPS) is 13.6. The summed E-state index contributed by atoms with van der Waals surface area (Å²) in [5.74, 6) is 0. The molecule has 0 aliphatic heterocycles. The van der Waals surface area contributed by atoms with Crippen molar-refractivity contribution in [3.05, 3.63) is 10.8 Å². The van der Waals surface area contributed by atoms with Crippen molar-refractivity contribution in [2.24, 2.45) is 0 Å². The van der Waals surface area contributed by atoms with Crippen LogP contribution in [0.2, 0.25) is 0 Å². The third kappa shape index (κ3) is 6.15. The molecule has 0 aromatic heterocycles. The maximum absolute atomic E-state index is 9.89. The molecule has 0 aliphatic rings. The summed E-state index contributed by atoms with van der Waals surface area (Å²) in [7, 11) is -4.52. The smallest absolute Gasteiger partial charge is 0.391 e. The highest BCUT2D eigenvalue weighted by Gasteiger charge is 2.15. The highest BCUT2D eigenvalue weighted by Crippen LogP contribution is 2.39. The van der Waals surface area contributed by atoms with E-state index in [1.54, 1.807) is 0 Å². The summed E-state index contributed by atoms with van der Waals surface area (Å²) in [6.45, 7) is 0. The molecule has 0 spiro atoms. The van der Waals surface area contributed by atoms with Gasteiger partial charge in [-0.1, -0.05) is 11.6 Å². The van der Waals surface area contributed by atoms with E-state index in [2.05, 4.69) is 4.52 Å². The first-order valence-electron chi connectivity index (χ1n) is 1.67. The molecule has 0 heterocycles. The molecular weight excluding hydrogens is 190 g/mol. The first kappa shape index (κ1) is 9.27. The minimum atomic E-state index is -4.52. The average molecular weight is 193 g/mol. The summed E-state index contributed by atoms with van der Waals surface area (Å²) >= 11 is 9.86. The molecule has 0 saturated heterocycles. The van der Waals surface area contributed by atoms with Gasteiger partial charge >= 0.3 is 7.82 Å². The van der Waals surface area contributed by atoms with Crippen molar-refractivity contribution in [1.29, 1.82) is 0 Å². The number of rotatable bonds is 2. The van der Waals surface area contributed by atoms with Crippen LogP contribution < -0.4 is 0 Å². The van der Waals surface area contributed by atoms with Crippen LogP contribution in [-0.2, 0) is 9.09 Å². The van der Waals surface area contributed by atoms with E-state index in [9.17, 15) is 4.57 Å². The lowest BCUT2D eigenvalue weighted by molar-refractivity contribution is 0.253. The minimum absolute atomic E-state index is 0.537. The quantitative estimate of drug-likeness (QED) is 0.513. The lowest BCUT2D eigenvalue weighted by atomic mass is 11.2. The highest BCUT2D eigenvalue weighted by molar-refractivity contribution is 7.46. The Morgan fingerprint density at radius 3 is 2.22 bits per heavy atom. The number of hydrogen-bond acceptors (Lipinski definition) is 2. The van der Waals surface area contributed by atoms with Gasteiger partial charge in [-0.3, -0.25) is 9.79 Å². The summed E-state index contributed by atoms with van der Waals surface area (Å²) in [6, 6.07) is 0. The van der Waals surface area contributed by atoms with Crippen LogP contribution in [0.1, 0.15) is 0 Å². The molecule has 0 bridgehead atoms. The Balaban J connectivity index is 3.90. The maximum Gasteiger partial charge on any atom is 0.525 e. The number of phosphoric ester groups is 1. The zero-order chi connectivity index (χ0) is 7.49. The molecule has 7 heteroatoms. The summed E-state index contributed by atoms with van der Waals surface area (Å²) in [5, 5.41) is -0.537. The van der Waals surface area contributed by atoms with E-state index >= 15 is 0 Å². The number of hydrogen-bond donors (Lipinski definition) is 2. The van der Waals surface area contributed by atoms with Gasteiger partial charge in [-0.05, 0) is 11.6 Å². The Bertz CT molecular complexity index is 160. The van der Waals surface area contributed by atoms with Gasteiger partial charge in [0.05, 0.1) is 5.54 Å². The first-order valence-corrected chi connectivity index (χ1v) is 4.01. The average Bonchev–Trinajstić information content (AvgIpc) is 1.62. The molecule has 2 N–H and O–H groups in total. The van der Waals surface area contributed by atoms with Crippen molar-refractivity contribution in [1.82, 2.24) is 0 Å². The van der Waals surface area contributed by atoms with Crippen LogP contribution >= 0.6 is 31.0 Å². The monoisotopic (exact) mass is 192 g/mol. The summed E-state index contributed by atoms with van der Waals surface area (Å²) < 4.78 is 13.6. The molecule has 0 aromatic rings. The van der Waals surface area contributed by atoms with E-state index in [1.807, 2.05) is 0 Å². The van der Waals surface area contributed by atoms with E-state index in [0.29, 0.717) is 5.54 Å². The Hall–Kier alpha value is 0.270. The molecule has 0 rings (SSSR count). The van der Waals surface area contributed by atoms with Crippen LogP contribution in [0.5, 0.6) is 0 Å². The van der Waals surface area contributed by atoms with Crippen molar-refractivity contribution >= 4 is 31.0 Å². The van der Waals surface area contributed by atoms with Crippen molar-refractivity contribution in [2.45, 2.75) is 0 Å². The van der Waals surface area contributed by atoms with E-state index in [4.69, 9.17) is 33.0 Å². The van der Waals surface area contributed by atoms with Crippen molar-refractivity contribution in [2.75, 3.05) is 0 Å². The maximum atomic E-state index is 9.89. The van der Waals surface area contributed by atoms with Crippen molar-refractivity contribution in [3.63, 3.8) is 0 Å². The van der Waals surface area contributed by atoms with Crippen LogP contribution in [-0.4, -0.2) is 9.79 Å². The van der Waals surface area contributed by atoms with Gasteiger partial charge in [0.25, 0.3) is 0 Å². The second-order valence-electron chi connectivity index (χ2n) is 0.995. The van der Waals surface area contributed by atoms with Gasteiger partial charge in [0, 0.05) is 0 Å². The molecule has 0 fully saturated rings. The zero-order valence-electron chi connectivity index (χ0n) is 3.99. The standard InChI is InChI=1S/C2H3Cl2O4P/c3-1-2(4)8-9(5,6)7/h1H,(H2,5,6,7). The largest absolute Gasteiger partial charge is 0.525 e. The third-order valence-electron chi connectivity index (χ3n) is 0.292. The topological polar surface area (TPSA) is 66.8 Å². The number of halogens is 2. The number of phosphoric acid groups is 1. The van der Waals surface area contributed by atoms with Gasteiger partial charge in [0.1, 0.15) is 0 Å². The Labute approximate surface area is 61.3 Å². The first-order chi connectivity index (χ1) is 3.95. The zero-order valence-corrected chi connectivity index (χ0v) is 6.40. The van der Waals surface area contributed by atoms with Gasteiger partial charge in [-0.25, -0.2) is 4.57 Å². The van der Waals surface area contributed by atoms with Gasteiger partial charge in [0.15, 0.2) is 0 Å². The second kappa shape index (κ2) is 3.44. The molecular formula is C2H3Cl2O4P. The fourth-order valence-corrected chi connectivity index (χ4v) is 0.790. The van der Waals surface area contributed by atoms with Gasteiger partial charge in [0.2, 0.25) is 5.22 Å². The molecule has 0 radical (unpaired) electrons. The van der Waals surface area contributed by atoms with Crippen LogP contribution in [0.15, 0.2) is 10.8 Å². The second-order valence-corrected chi connectivity index (χ2v) is 2.75. The molecule has 0 aromatic carbocycles. The molecule has 0 unspecified atom stereocenters. The lowest BCUT2D eigenvalue weighted by Gasteiger charge is -2.01. The molecule has 54 valence electrons. The molecule has 9 heavy (non-hydrogen) atoms. The Kier molecular flexibility index (Phi) is 3.54. The highest BCUT2D eigenvalue weighted by atomic mass is 35.5. The van der Waals surface area contributed by atoms with E-state index in [0.717, 1.165) is 0 Å². The third-order valence-corrected chi connectivity index (χ3v) is 1.33. The van der Waals surface area contributed by atoms with Crippen LogP contribution in [0, 0.1) is 0 Å². The lowest BCUT2D eigenvalue weighted by Crippen LogP contribution is -1.81. The molecule has 0 amide bonds. The Morgan fingerprint density at radius 1 is 1.67 bits per heavy atom. The Morgan fingerprint density at radius 2 is 2.11 bits per heavy atom. The predicted octanol–water partition coefficient (Wildman–Crippen LogP) is 1.37. The van der Waals surface area contributed by atoms with E-state index in [-0.39, 0.29) is 0 Å². The summed E-state index contributed by atoms with van der Waals surface area (Å²) in [6.07, 6.45) is 0. The molecule has 0 atom stereocenters. The van der Waals surface area contributed by atoms with Crippen molar-refractivity contribution < 1.29 is 18.9 Å². The van der Waals surface area contributed by atoms with E-state index < -0.39 is 13.0 Å². The van der Waals surface area contributed by atoms with E-state index in [1.165, 1.54) is 0 Å². The van der Waals surface area contributed by atoms with Crippen LogP contribution in [0.25, 0.3) is 0 Å². The minimum Gasteiger partial charge on any atom is -0.391 e. The summed E-state index contributed by atoms with van der Waals surface area (Å²) in [4.78, 5) is 16.0. The SMILES string of the molecule is O=P(O)(O)OC(Cl)=CCl. The summed E-state index contributed by atoms with van der Waals surface area (Å²) in [5.41, 5.74) is 0.709. The molecule has 4 nitrogen and oxygen atoms in total. The van der Waals surface area contributed by atoms with Crippen LogP contribution in [0.3, 0.4) is 0 Å². The van der Waals surface area contributed by atoms with Crippen LogP contribution in [0.4, 0.5) is 0 Å². The molecule has 0 aliphatic carbocycles. The molecule has 0 saturated carbocycles. The fourth-order valence-electron chi connectivity index (χ4n) is 0.134. The van der Waals surface area contributed by atoms with Crippen molar-refractivity contribution in [3.8, 4) is 0 Å².